The molecule has 0 radical (unpaired) electrons. The first-order valence-corrected chi connectivity index (χ1v) is 27.5. The number of hydrogen-bond acceptors (Lipinski definition) is 6. The van der Waals surface area contributed by atoms with Crippen molar-refractivity contribution in [2.24, 2.45) is 0 Å². The Kier molecular flexibility index (Phi) is 50.3. The van der Waals surface area contributed by atoms with E-state index in [0.29, 0.717) is 19.3 Å². The molecule has 0 aromatic carbocycles. The summed E-state index contributed by atoms with van der Waals surface area (Å²) in [6.45, 7) is 6.62. The molecule has 0 aliphatic carbocycles. The fourth-order valence-electron chi connectivity index (χ4n) is 7.94. The number of allylic oxidation sites excluding steroid dienone is 6. The third kappa shape index (κ3) is 50.5. The van der Waals surface area contributed by atoms with Crippen LogP contribution in [0.4, 0.5) is 0 Å². The molecule has 63 heavy (non-hydrogen) atoms. The van der Waals surface area contributed by atoms with E-state index in [-0.39, 0.29) is 31.1 Å². The Hall–Kier alpha value is -2.37. The van der Waals surface area contributed by atoms with E-state index in [1.807, 2.05) is 0 Å². The lowest BCUT2D eigenvalue weighted by Gasteiger charge is -2.18. The molecule has 0 saturated heterocycles. The zero-order valence-corrected chi connectivity index (χ0v) is 42.1. The molecule has 368 valence electrons. The molecular weight excluding hydrogens is 781 g/mol. The first kappa shape index (κ1) is 60.6. The minimum Gasteiger partial charge on any atom is -0.462 e. The molecule has 1 unspecified atom stereocenters. The van der Waals surface area contributed by atoms with E-state index in [2.05, 4.69) is 57.2 Å². The van der Waals surface area contributed by atoms with Gasteiger partial charge in [0.2, 0.25) is 0 Å². The minimum absolute atomic E-state index is 0.0758. The molecule has 0 fully saturated rings. The lowest BCUT2D eigenvalue weighted by molar-refractivity contribution is -0.167. The van der Waals surface area contributed by atoms with Crippen molar-refractivity contribution in [1.82, 2.24) is 0 Å². The highest BCUT2D eigenvalue weighted by atomic mass is 16.6. The molecule has 0 bridgehead atoms. The van der Waals surface area contributed by atoms with Crippen LogP contribution in [0.1, 0.15) is 290 Å². The van der Waals surface area contributed by atoms with Gasteiger partial charge in [-0.05, 0) is 77.0 Å². The quantitative estimate of drug-likeness (QED) is 0.0262. The van der Waals surface area contributed by atoms with Gasteiger partial charge >= 0.3 is 17.9 Å². The van der Waals surface area contributed by atoms with Gasteiger partial charge in [0, 0.05) is 19.3 Å². The number of ether oxygens (including phenoxy) is 3. The molecular formula is C57H104O6. The maximum absolute atomic E-state index is 12.8. The lowest BCUT2D eigenvalue weighted by atomic mass is 10.0. The Morgan fingerprint density at radius 2 is 0.571 bits per heavy atom. The molecule has 0 aliphatic heterocycles. The second kappa shape index (κ2) is 52.3. The van der Waals surface area contributed by atoms with E-state index in [4.69, 9.17) is 14.2 Å². The molecule has 0 heterocycles. The van der Waals surface area contributed by atoms with Gasteiger partial charge in [0.1, 0.15) is 13.2 Å². The second-order valence-corrected chi connectivity index (χ2v) is 18.5. The van der Waals surface area contributed by atoms with Crippen LogP contribution in [0, 0.1) is 0 Å². The zero-order chi connectivity index (χ0) is 45.8. The van der Waals surface area contributed by atoms with Crippen molar-refractivity contribution in [3.05, 3.63) is 36.5 Å². The zero-order valence-electron chi connectivity index (χ0n) is 42.1. The summed E-state index contributed by atoms with van der Waals surface area (Å²) in [5.41, 5.74) is 0. The van der Waals surface area contributed by atoms with E-state index in [9.17, 15) is 14.4 Å². The molecule has 0 aromatic heterocycles. The van der Waals surface area contributed by atoms with Gasteiger partial charge in [-0.1, -0.05) is 231 Å². The standard InChI is InChI=1S/C57H104O6/c1-4-7-10-13-16-19-22-25-27-28-30-33-35-38-41-44-47-50-56(59)62-53-54(63-57(60)51-48-45-42-39-36-31-24-21-18-15-12-9-6-3)52-61-55(58)49-46-43-40-37-34-32-29-26-23-20-17-14-11-8-5-2/h16,19,25-27,29,54H,4-15,17-18,20-24,28,30-53H2,1-3H3. The number of carbonyl (C=O) groups is 3. The van der Waals surface area contributed by atoms with Gasteiger partial charge in [-0.15, -0.1) is 0 Å². The van der Waals surface area contributed by atoms with Crippen LogP contribution >= 0.6 is 0 Å². The van der Waals surface area contributed by atoms with Gasteiger partial charge in [0.25, 0.3) is 0 Å². The monoisotopic (exact) mass is 885 g/mol. The fourth-order valence-corrected chi connectivity index (χ4v) is 7.94. The Morgan fingerprint density at radius 3 is 0.921 bits per heavy atom. The highest BCUT2D eigenvalue weighted by Gasteiger charge is 2.19. The Balaban J connectivity index is 4.36. The van der Waals surface area contributed by atoms with Crippen LogP contribution in [0.2, 0.25) is 0 Å². The van der Waals surface area contributed by atoms with Crippen molar-refractivity contribution < 1.29 is 28.6 Å². The highest BCUT2D eigenvalue weighted by Crippen LogP contribution is 2.16. The Bertz CT molecular complexity index is 1060. The molecule has 0 aromatic rings. The summed E-state index contributed by atoms with van der Waals surface area (Å²) in [7, 11) is 0. The molecule has 0 amide bonds. The summed E-state index contributed by atoms with van der Waals surface area (Å²) in [6.07, 6.45) is 61.2. The van der Waals surface area contributed by atoms with Crippen LogP contribution in [0.25, 0.3) is 0 Å². The van der Waals surface area contributed by atoms with E-state index in [0.717, 1.165) is 77.0 Å². The molecule has 0 N–H and O–H groups in total. The molecule has 1 atom stereocenters. The highest BCUT2D eigenvalue weighted by molar-refractivity contribution is 5.71. The van der Waals surface area contributed by atoms with Crippen LogP contribution in [-0.4, -0.2) is 37.2 Å². The summed E-state index contributed by atoms with van der Waals surface area (Å²) in [4.78, 5) is 38.0. The van der Waals surface area contributed by atoms with Crippen molar-refractivity contribution >= 4 is 17.9 Å². The van der Waals surface area contributed by atoms with E-state index in [1.165, 1.54) is 173 Å². The molecule has 0 rings (SSSR count). The predicted octanol–water partition coefficient (Wildman–Crippen LogP) is 18.1. The smallest absolute Gasteiger partial charge is 0.306 e. The van der Waals surface area contributed by atoms with Crippen LogP contribution < -0.4 is 0 Å². The Labute approximate surface area is 391 Å². The van der Waals surface area contributed by atoms with Gasteiger partial charge in [0.15, 0.2) is 6.10 Å². The van der Waals surface area contributed by atoms with E-state index >= 15 is 0 Å². The van der Waals surface area contributed by atoms with Crippen LogP contribution in [-0.2, 0) is 28.6 Å². The third-order valence-electron chi connectivity index (χ3n) is 12.1. The Morgan fingerprint density at radius 1 is 0.317 bits per heavy atom. The first-order valence-electron chi connectivity index (χ1n) is 27.5. The topological polar surface area (TPSA) is 78.9 Å². The maximum atomic E-state index is 12.8. The van der Waals surface area contributed by atoms with Gasteiger partial charge in [-0.25, -0.2) is 0 Å². The van der Waals surface area contributed by atoms with Crippen LogP contribution in [0.3, 0.4) is 0 Å². The average molecular weight is 885 g/mol. The number of unbranched alkanes of at least 4 members (excludes halogenated alkanes) is 33. The molecule has 0 saturated carbocycles. The summed E-state index contributed by atoms with van der Waals surface area (Å²) in [6, 6.07) is 0. The SMILES string of the molecule is CCCCCC=CCC=CCCCCCCCCCC(=O)OCC(COC(=O)CCCCCCCC=CCCCCCCCC)OC(=O)CCCCCCCCCCCCCCC. The van der Waals surface area contributed by atoms with Crippen LogP contribution in [0.5, 0.6) is 0 Å². The van der Waals surface area contributed by atoms with Crippen molar-refractivity contribution in [1.29, 1.82) is 0 Å². The lowest BCUT2D eigenvalue weighted by Crippen LogP contribution is -2.30. The third-order valence-corrected chi connectivity index (χ3v) is 12.1. The van der Waals surface area contributed by atoms with E-state index in [1.54, 1.807) is 0 Å². The van der Waals surface area contributed by atoms with Crippen molar-refractivity contribution in [2.75, 3.05) is 13.2 Å². The van der Waals surface area contributed by atoms with Crippen LogP contribution in [0.15, 0.2) is 36.5 Å². The van der Waals surface area contributed by atoms with E-state index < -0.39 is 6.10 Å². The molecule has 6 nitrogen and oxygen atoms in total. The van der Waals surface area contributed by atoms with Crippen molar-refractivity contribution in [3.8, 4) is 0 Å². The van der Waals surface area contributed by atoms with Crippen molar-refractivity contribution in [2.45, 2.75) is 297 Å². The number of esters is 3. The number of carbonyl (C=O) groups excluding carboxylic acids is 3. The molecule has 6 heteroatoms. The maximum Gasteiger partial charge on any atom is 0.306 e. The van der Waals surface area contributed by atoms with Crippen molar-refractivity contribution in [3.63, 3.8) is 0 Å². The fraction of sp³-hybridized carbons (Fsp3) is 0.842. The first-order chi connectivity index (χ1) is 31.0. The molecule has 0 aliphatic rings. The summed E-state index contributed by atoms with van der Waals surface area (Å²) >= 11 is 0. The normalized spacial score (nSPS) is 12.2. The average Bonchev–Trinajstić information content (AvgIpc) is 3.28. The predicted molar refractivity (Wildman–Crippen MR) is 270 cm³/mol. The number of hydrogen-bond donors (Lipinski definition) is 0. The molecule has 0 spiro atoms. The summed E-state index contributed by atoms with van der Waals surface area (Å²) < 4.78 is 16.8. The van der Waals surface area contributed by atoms with Gasteiger partial charge < -0.3 is 14.2 Å². The number of rotatable bonds is 50. The second-order valence-electron chi connectivity index (χ2n) is 18.5. The van der Waals surface area contributed by atoms with Gasteiger partial charge in [-0.3, -0.25) is 14.4 Å². The largest absolute Gasteiger partial charge is 0.462 e. The summed E-state index contributed by atoms with van der Waals surface area (Å²) in [5, 5.41) is 0. The van der Waals surface area contributed by atoms with Gasteiger partial charge in [0.05, 0.1) is 0 Å². The minimum atomic E-state index is -0.775. The summed E-state index contributed by atoms with van der Waals surface area (Å²) in [5.74, 6) is -0.877. The van der Waals surface area contributed by atoms with Gasteiger partial charge in [-0.2, -0.15) is 0 Å².